The summed E-state index contributed by atoms with van der Waals surface area (Å²) < 4.78 is 2.82. The highest BCUT2D eigenvalue weighted by atomic mass is 16.2. The molecule has 23 heavy (non-hydrogen) atoms. The van der Waals surface area contributed by atoms with E-state index >= 15 is 0 Å². The normalized spacial score (nSPS) is 12.3. The first kappa shape index (κ1) is 17.2. The van der Waals surface area contributed by atoms with Gasteiger partial charge in [-0.2, -0.15) is 0 Å². The third-order valence-electron chi connectivity index (χ3n) is 4.17. The molecule has 1 atom stereocenters. The van der Waals surface area contributed by atoms with E-state index in [-0.39, 0.29) is 11.2 Å². The highest BCUT2D eigenvalue weighted by Crippen LogP contribution is 2.10. The Bertz CT molecular complexity index is 747. The molecule has 5 heteroatoms. The van der Waals surface area contributed by atoms with Crippen molar-refractivity contribution in [3.63, 3.8) is 0 Å². The molecular formula is C18H25N3O2. The number of hydrogen-bond donors (Lipinski definition) is 1. The predicted molar refractivity (Wildman–Crippen MR) is 92.8 cm³/mol. The first-order chi connectivity index (χ1) is 11.0. The van der Waals surface area contributed by atoms with E-state index in [4.69, 9.17) is 0 Å². The summed E-state index contributed by atoms with van der Waals surface area (Å²) in [6.45, 7) is 5.49. The minimum absolute atomic E-state index is 0.236. The fourth-order valence-electron chi connectivity index (χ4n) is 2.62. The average molecular weight is 315 g/mol. The molecule has 1 unspecified atom stereocenters. The zero-order chi connectivity index (χ0) is 16.8. The van der Waals surface area contributed by atoms with Crippen molar-refractivity contribution in [3.8, 4) is 0 Å². The molecule has 0 fully saturated rings. The minimum atomic E-state index is -0.248. The second-order valence-corrected chi connectivity index (χ2v) is 5.91. The number of aromatic nitrogens is 2. The van der Waals surface area contributed by atoms with E-state index in [0.29, 0.717) is 12.6 Å². The van der Waals surface area contributed by atoms with E-state index in [2.05, 4.69) is 24.4 Å². The maximum absolute atomic E-state index is 12.1. The molecule has 5 nitrogen and oxygen atoms in total. The van der Waals surface area contributed by atoms with Gasteiger partial charge in [0.2, 0.25) is 0 Å². The Hall–Kier alpha value is -2.14. The van der Waals surface area contributed by atoms with Crippen LogP contribution >= 0.6 is 0 Å². The lowest BCUT2D eigenvalue weighted by Gasteiger charge is -2.15. The molecule has 0 aliphatic rings. The first-order valence-corrected chi connectivity index (χ1v) is 8.06. The molecule has 0 spiro atoms. The van der Waals surface area contributed by atoms with Gasteiger partial charge in [0, 0.05) is 31.4 Å². The van der Waals surface area contributed by atoms with Gasteiger partial charge >= 0.3 is 5.69 Å². The third-order valence-corrected chi connectivity index (χ3v) is 4.17. The Morgan fingerprint density at radius 3 is 2.52 bits per heavy atom. The summed E-state index contributed by atoms with van der Waals surface area (Å²) in [7, 11) is 1.52. The summed E-state index contributed by atoms with van der Waals surface area (Å²) in [5.74, 6) is 0. The fourth-order valence-corrected chi connectivity index (χ4v) is 2.62. The number of benzene rings is 1. The van der Waals surface area contributed by atoms with Gasteiger partial charge in [-0.15, -0.1) is 0 Å². The van der Waals surface area contributed by atoms with Gasteiger partial charge in [0.1, 0.15) is 0 Å². The number of nitrogens with zero attached hydrogens (tertiary/aromatic N) is 2. The van der Waals surface area contributed by atoms with Crippen LogP contribution in [0.25, 0.3) is 0 Å². The molecular weight excluding hydrogens is 290 g/mol. The van der Waals surface area contributed by atoms with Crippen LogP contribution in [-0.4, -0.2) is 15.7 Å². The van der Waals surface area contributed by atoms with Gasteiger partial charge in [-0.3, -0.25) is 13.9 Å². The number of aryl methyl sites for hydroxylation is 1. The van der Waals surface area contributed by atoms with Crippen molar-refractivity contribution in [1.29, 1.82) is 0 Å². The van der Waals surface area contributed by atoms with Crippen LogP contribution < -0.4 is 16.6 Å². The molecule has 1 heterocycles. The largest absolute Gasteiger partial charge is 0.330 e. The zero-order valence-electron chi connectivity index (χ0n) is 14.1. The SMILES string of the molecule is Cc1cc(=O)n(C)c(=O)n1CCCCNC(C)c1ccccc1. The van der Waals surface area contributed by atoms with Crippen molar-refractivity contribution in [3.05, 3.63) is 68.5 Å². The van der Waals surface area contributed by atoms with Gasteiger partial charge < -0.3 is 5.32 Å². The zero-order valence-corrected chi connectivity index (χ0v) is 14.1. The summed E-state index contributed by atoms with van der Waals surface area (Å²) in [5, 5.41) is 3.49. The van der Waals surface area contributed by atoms with E-state index in [1.54, 1.807) is 11.5 Å². The highest BCUT2D eigenvalue weighted by Gasteiger charge is 2.06. The third kappa shape index (κ3) is 4.42. The van der Waals surface area contributed by atoms with Crippen LogP contribution in [-0.2, 0) is 13.6 Å². The lowest BCUT2D eigenvalue weighted by atomic mass is 10.1. The summed E-state index contributed by atoms with van der Waals surface area (Å²) in [6.07, 6.45) is 1.87. The molecule has 1 N–H and O–H groups in total. The first-order valence-electron chi connectivity index (χ1n) is 8.06. The van der Waals surface area contributed by atoms with Crippen LogP contribution in [0.1, 0.15) is 37.1 Å². The summed E-state index contributed by atoms with van der Waals surface area (Å²) in [4.78, 5) is 23.6. The number of nitrogens with one attached hydrogen (secondary N) is 1. The number of hydrogen-bond acceptors (Lipinski definition) is 3. The van der Waals surface area contributed by atoms with Crippen molar-refractivity contribution in [2.24, 2.45) is 7.05 Å². The Balaban J connectivity index is 1.82. The molecule has 124 valence electrons. The van der Waals surface area contributed by atoms with Crippen LogP contribution in [0.15, 0.2) is 46.0 Å². The van der Waals surface area contributed by atoms with Crippen LogP contribution in [0, 0.1) is 6.92 Å². The summed E-state index contributed by atoms with van der Waals surface area (Å²) >= 11 is 0. The Labute approximate surface area is 136 Å². The minimum Gasteiger partial charge on any atom is -0.310 e. The molecule has 0 saturated heterocycles. The van der Waals surface area contributed by atoms with Gasteiger partial charge in [-0.1, -0.05) is 30.3 Å². The van der Waals surface area contributed by atoms with Crippen molar-refractivity contribution in [2.45, 2.75) is 39.3 Å². The average Bonchev–Trinajstić information content (AvgIpc) is 2.56. The quantitative estimate of drug-likeness (QED) is 0.795. The molecule has 0 bridgehead atoms. The smallest absolute Gasteiger partial charge is 0.310 e. The van der Waals surface area contributed by atoms with E-state index in [1.165, 1.54) is 18.7 Å². The van der Waals surface area contributed by atoms with Crippen molar-refractivity contribution >= 4 is 0 Å². The van der Waals surface area contributed by atoms with Crippen LogP contribution in [0.5, 0.6) is 0 Å². The van der Waals surface area contributed by atoms with E-state index in [0.717, 1.165) is 29.6 Å². The van der Waals surface area contributed by atoms with Gasteiger partial charge in [-0.25, -0.2) is 4.79 Å². The second kappa shape index (κ2) is 7.92. The molecule has 0 aliphatic heterocycles. The Morgan fingerprint density at radius 1 is 1.13 bits per heavy atom. The van der Waals surface area contributed by atoms with E-state index in [9.17, 15) is 9.59 Å². The number of rotatable bonds is 7. The summed E-state index contributed by atoms with van der Waals surface area (Å²) in [6, 6.07) is 12.2. The topological polar surface area (TPSA) is 56.0 Å². The van der Waals surface area contributed by atoms with Gasteiger partial charge in [0.05, 0.1) is 0 Å². The molecule has 2 rings (SSSR count). The lowest BCUT2D eigenvalue weighted by molar-refractivity contribution is 0.502. The molecule has 0 aliphatic carbocycles. The lowest BCUT2D eigenvalue weighted by Crippen LogP contribution is -2.38. The maximum atomic E-state index is 12.1. The summed E-state index contributed by atoms with van der Waals surface area (Å²) in [5.41, 5.74) is 1.52. The molecule has 1 aromatic heterocycles. The highest BCUT2D eigenvalue weighted by molar-refractivity contribution is 5.17. The van der Waals surface area contributed by atoms with Gasteiger partial charge in [0.25, 0.3) is 5.56 Å². The van der Waals surface area contributed by atoms with E-state index in [1.807, 2.05) is 18.2 Å². The fraction of sp³-hybridized carbons (Fsp3) is 0.444. The van der Waals surface area contributed by atoms with Gasteiger partial charge in [0.15, 0.2) is 0 Å². The van der Waals surface area contributed by atoms with Crippen molar-refractivity contribution in [1.82, 2.24) is 14.5 Å². The van der Waals surface area contributed by atoms with Gasteiger partial charge in [-0.05, 0) is 38.8 Å². The molecule has 1 aromatic carbocycles. The molecule has 0 amide bonds. The standard InChI is InChI=1S/C18H25N3O2/c1-14-13-17(22)20(3)18(23)21(14)12-8-7-11-19-15(2)16-9-5-4-6-10-16/h4-6,9-10,13,15,19H,7-8,11-12H2,1-3H3. The van der Waals surface area contributed by atoms with Crippen LogP contribution in [0.4, 0.5) is 0 Å². The molecule has 0 radical (unpaired) electrons. The Kier molecular flexibility index (Phi) is 5.93. The van der Waals surface area contributed by atoms with Crippen molar-refractivity contribution < 1.29 is 0 Å². The van der Waals surface area contributed by atoms with Crippen LogP contribution in [0.2, 0.25) is 0 Å². The number of unbranched alkanes of at least 4 members (excludes halogenated alkanes) is 1. The predicted octanol–water partition coefficient (Wildman–Crippen LogP) is 1.99. The van der Waals surface area contributed by atoms with Crippen LogP contribution in [0.3, 0.4) is 0 Å². The molecule has 0 saturated carbocycles. The van der Waals surface area contributed by atoms with Crippen molar-refractivity contribution in [2.75, 3.05) is 6.54 Å². The van der Waals surface area contributed by atoms with E-state index < -0.39 is 0 Å². The Morgan fingerprint density at radius 2 is 1.83 bits per heavy atom. The molecule has 2 aromatic rings. The maximum Gasteiger partial charge on any atom is 0.330 e. The monoisotopic (exact) mass is 315 g/mol. The second-order valence-electron chi connectivity index (χ2n) is 5.91.